The summed E-state index contributed by atoms with van der Waals surface area (Å²) in [5.41, 5.74) is 1.50. The van der Waals surface area contributed by atoms with E-state index in [-0.39, 0.29) is 0 Å². The van der Waals surface area contributed by atoms with Crippen molar-refractivity contribution in [3.8, 4) is 0 Å². The van der Waals surface area contributed by atoms with Crippen molar-refractivity contribution in [3.05, 3.63) is 12.2 Å². The lowest BCUT2D eigenvalue weighted by Crippen LogP contribution is -2.03. The molecule has 0 nitrogen and oxygen atoms in total. The lowest BCUT2D eigenvalue weighted by atomic mass is 9.88. The van der Waals surface area contributed by atoms with Crippen LogP contribution in [0.5, 0.6) is 0 Å². The first-order valence-electron chi connectivity index (χ1n) is 5.93. The van der Waals surface area contributed by atoms with E-state index in [1.165, 1.54) is 50.5 Å². The van der Waals surface area contributed by atoms with Crippen LogP contribution in [0.2, 0.25) is 0 Å². The van der Waals surface area contributed by atoms with Gasteiger partial charge in [0.1, 0.15) is 0 Å². The van der Waals surface area contributed by atoms with E-state index in [1.807, 2.05) is 0 Å². The minimum atomic E-state index is 0.810. The molecule has 0 N–H and O–H groups in total. The minimum Gasteiger partial charge on any atom is -0.0996 e. The molecule has 0 aliphatic heterocycles. The van der Waals surface area contributed by atoms with E-state index in [0.29, 0.717) is 0 Å². The molecule has 13 heavy (non-hydrogen) atoms. The van der Waals surface area contributed by atoms with Crippen molar-refractivity contribution in [3.63, 3.8) is 0 Å². The molecular weight excluding hydrogens is 156 g/mol. The summed E-state index contributed by atoms with van der Waals surface area (Å²) in [4.78, 5) is 0. The highest BCUT2D eigenvalue weighted by atomic mass is 14.1. The van der Waals surface area contributed by atoms with Gasteiger partial charge in [0, 0.05) is 0 Å². The normalized spacial score (nSPS) is 12.8. The first kappa shape index (κ1) is 12.7. The van der Waals surface area contributed by atoms with Gasteiger partial charge >= 0.3 is 0 Å². The smallest absolute Gasteiger partial charge is 0.0206 e. The molecule has 1 unspecified atom stereocenters. The zero-order valence-electron chi connectivity index (χ0n) is 9.73. The van der Waals surface area contributed by atoms with Crippen molar-refractivity contribution in [1.82, 2.24) is 0 Å². The Morgan fingerprint density at radius 1 is 1.00 bits per heavy atom. The largest absolute Gasteiger partial charge is 0.0996 e. The maximum Gasteiger partial charge on any atom is -0.0206 e. The van der Waals surface area contributed by atoms with Gasteiger partial charge in [-0.05, 0) is 25.2 Å². The molecule has 78 valence electrons. The summed E-state index contributed by atoms with van der Waals surface area (Å²) in [6, 6.07) is 0. The second-order valence-corrected chi connectivity index (χ2v) is 4.04. The summed E-state index contributed by atoms with van der Waals surface area (Å²) >= 11 is 0. The highest BCUT2D eigenvalue weighted by Gasteiger charge is 2.09. The molecule has 0 rings (SSSR count). The monoisotopic (exact) mass is 182 g/mol. The van der Waals surface area contributed by atoms with Gasteiger partial charge in [0.2, 0.25) is 0 Å². The van der Waals surface area contributed by atoms with Crippen molar-refractivity contribution < 1.29 is 0 Å². The average molecular weight is 182 g/mol. The van der Waals surface area contributed by atoms with Gasteiger partial charge in [-0.3, -0.25) is 0 Å². The molecule has 0 aromatic carbocycles. The third-order valence-corrected chi connectivity index (χ3v) is 2.69. The molecule has 1 atom stereocenters. The predicted molar refractivity (Wildman–Crippen MR) is 62.0 cm³/mol. The molecule has 0 saturated carbocycles. The molecule has 0 aliphatic rings. The molecule has 0 spiro atoms. The predicted octanol–water partition coefficient (Wildman–Crippen LogP) is 4.95. The average Bonchev–Trinajstić information content (AvgIpc) is 2.12. The molecule has 0 amide bonds. The summed E-state index contributed by atoms with van der Waals surface area (Å²) in [5.74, 6) is 0.810. The summed E-state index contributed by atoms with van der Waals surface area (Å²) in [6.45, 7) is 11.0. The minimum absolute atomic E-state index is 0.810. The molecule has 0 radical (unpaired) electrons. The van der Waals surface area contributed by atoms with Crippen LogP contribution >= 0.6 is 0 Å². The molecule has 0 fully saturated rings. The third-order valence-electron chi connectivity index (χ3n) is 2.69. The van der Waals surface area contributed by atoms with E-state index in [0.717, 1.165) is 5.92 Å². The maximum atomic E-state index is 4.22. The number of allylic oxidation sites excluding steroid dienone is 1. The Balaban J connectivity index is 3.83. The van der Waals surface area contributed by atoms with Crippen LogP contribution in [0.4, 0.5) is 0 Å². The van der Waals surface area contributed by atoms with Crippen molar-refractivity contribution in [2.75, 3.05) is 0 Å². The Morgan fingerprint density at radius 3 is 2.15 bits per heavy atom. The van der Waals surface area contributed by atoms with Crippen LogP contribution in [-0.2, 0) is 0 Å². The number of hydrogen-bond acceptors (Lipinski definition) is 0. The lowest BCUT2D eigenvalue weighted by molar-refractivity contribution is 0.475. The van der Waals surface area contributed by atoms with Crippen LogP contribution < -0.4 is 0 Å². The number of unbranched alkanes of at least 4 members (excludes halogenated alkanes) is 1. The van der Waals surface area contributed by atoms with Gasteiger partial charge in [-0.15, -0.1) is 0 Å². The van der Waals surface area contributed by atoms with Crippen LogP contribution in [0.1, 0.15) is 65.7 Å². The molecule has 0 aliphatic carbocycles. The SMILES string of the molecule is C=C(CCC)C(CCC)CCCC. The second kappa shape index (κ2) is 8.34. The Labute approximate surface area is 84.4 Å². The van der Waals surface area contributed by atoms with Crippen LogP contribution in [0.25, 0.3) is 0 Å². The molecular formula is C13H26. The number of hydrogen-bond donors (Lipinski definition) is 0. The fourth-order valence-corrected chi connectivity index (χ4v) is 1.88. The summed E-state index contributed by atoms with van der Waals surface area (Å²) in [5, 5.41) is 0. The highest BCUT2D eigenvalue weighted by Crippen LogP contribution is 2.25. The molecule has 0 heteroatoms. The van der Waals surface area contributed by atoms with E-state index in [4.69, 9.17) is 0 Å². The van der Waals surface area contributed by atoms with Gasteiger partial charge in [-0.2, -0.15) is 0 Å². The van der Waals surface area contributed by atoms with E-state index in [2.05, 4.69) is 27.4 Å². The van der Waals surface area contributed by atoms with Crippen molar-refractivity contribution in [2.45, 2.75) is 65.7 Å². The van der Waals surface area contributed by atoms with Crippen molar-refractivity contribution in [1.29, 1.82) is 0 Å². The van der Waals surface area contributed by atoms with E-state index < -0.39 is 0 Å². The Bertz CT molecular complexity index is 124. The lowest BCUT2D eigenvalue weighted by Gasteiger charge is -2.18. The second-order valence-electron chi connectivity index (χ2n) is 4.04. The fraction of sp³-hybridized carbons (Fsp3) is 0.846. The third kappa shape index (κ3) is 5.90. The van der Waals surface area contributed by atoms with Crippen LogP contribution in [-0.4, -0.2) is 0 Å². The van der Waals surface area contributed by atoms with Gasteiger partial charge in [-0.25, -0.2) is 0 Å². The molecule has 0 aromatic rings. The molecule has 0 saturated heterocycles. The number of rotatable bonds is 8. The topological polar surface area (TPSA) is 0 Å². The molecule has 0 aromatic heterocycles. The fourth-order valence-electron chi connectivity index (χ4n) is 1.88. The van der Waals surface area contributed by atoms with Gasteiger partial charge in [0.25, 0.3) is 0 Å². The first-order valence-corrected chi connectivity index (χ1v) is 5.93. The zero-order valence-corrected chi connectivity index (χ0v) is 9.73. The zero-order chi connectivity index (χ0) is 10.1. The van der Waals surface area contributed by atoms with E-state index in [9.17, 15) is 0 Å². The van der Waals surface area contributed by atoms with E-state index in [1.54, 1.807) is 0 Å². The standard InChI is InChI=1S/C13H26/c1-5-8-11-13(10-7-3)12(4)9-6-2/h13H,4-11H2,1-3H3. The van der Waals surface area contributed by atoms with Gasteiger partial charge < -0.3 is 0 Å². The van der Waals surface area contributed by atoms with E-state index >= 15 is 0 Å². The summed E-state index contributed by atoms with van der Waals surface area (Å²) in [6.07, 6.45) is 9.19. The summed E-state index contributed by atoms with van der Waals surface area (Å²) < 4.78 is 0. The first-order chi connectivity index (χ1) is 6.26. The van der Waals surface area contributed by atoms with Crippen LogP contribution in [0.15, 0.2) is 12.2 Å². The summed E-state index contributed by atoms with van der Waals surface area (Å²) in [7, 11) is 0. The quantitative estimate of drug-likeness (QED) is 0.466. The highest BCUT2D eigenvalue weighted by molar-refractivity contribution is 5.00. The van der Waals surface area contributed by atoms with Gasteiger partial charge in [0.15, 0.2) is 0 Å². The Kier molecular flexibility index (Phi) is 8.18. The Morgan fingerprint density at radius 2 is 1.69 bits per heavy atom. The maximum absolute atomic E-state index is 4.22. The molecule has 0 bridgehead atoms. The Hall–Kier alpha value is -0.260. The van der Waals surface area contributed by atoms with Gasteiger partial charge in [-0.1, -0.05) is 58.6 Å². The van der Waals surface area contributed by atoms with Crippen LogP contribution in [0, 0.1) is 5.92 Å². The van der Waals surface area contributed by atoms with Gasteiger partial charge in [0.05, 0.1) is 0 Å². The van der Waals surface area contributed by atoms with Crippen molar-refractivity contribution in [2.24, 2.45) is 5.92 Å². The molecule has 0 heterocycles. The van der Waals surface area contributed by atoms with Crippen molar-refractivity contribution >= 4 is 0 Å². The van der Waals surface area contributed by atoms with Crippen LogP contribution in [0.3, 0.4) is 0 Å².